The van der Waals surface area contributed by atoms with Gasteiger partial charge in [0.1, 0.15) is 18.4 Å². The zero-order chi connectivity index (χ0) is 31.2. The summed E-state index contributed by atoms with van der Waals surface area (Å²) in [6.45, 7) is 1.26. The Hall–Kier alpha value is -4.66. The summed E-state index contributed by atoms with van der Waals surface area (Å²) >= 11 is 0. The third-order valence-electron chi connectivity index (χ3n) is 7.15. The highest BCUT2D eigenvalue weighted by atomic mass is 16.2. The minimum atomic E-state index is -1.02. The molecule has 4 atom stereocenters. The third-order valence-corrected chi connectivity index (χ3v) is 7.15. The minimum Gasteiger partial charge on any atom is -0.370 e. The molecule has 3 amide bonds. The van der Waals surface area contributed by atoms with Gasteiger partial charge in [0.15, 0.2) is 11.9 Å². The number of nitrogens with zero attached hydrogens (tertiary/aromatic N) is 2. The summed E-state index contributed by atoms with van der Waals surface area (Å²) < 4.78 is 0. The van der Waals surface area contributed by atoms with Gasteiger partial charge in [-0.1, -0.05) is 18.2 Å². The maximum absolute atomic E-state index is 13.7. The maximum atomic E-state index is 13.7. The first-order valence-corrected chi connectivity index (χ1v) is 14.4. The van der Waals surface area contributed by atoms with Crippen molar-refractivity contribution in [1.82, 2.24) is 26.3 Å². The number of benzene rings is 1. The van der Waals surface area contributed by atoms with Crippen LogP contribution < -0.4 is 44.2 Å². The molecule has 2 aromatic rings. The van der Waals surface area contributed by atoms with Crippen molar-refractivity contribution in [3.63, 3.8) is 0 Å². The molecule has 234 valence electrons. The molecule has 0 saturated carbocycles. The van der Waals surface area contributed by atoms with Crippen molar-refractivity contribution in [1.29, 1.82) is 0 Å². The number of nitrogens with two attached hydrogens (primary N) is 4. The van der Waals surface area contributed by atoms with E-state index in [-0.39, 0.29) is 37.2 Å². The van der Waals surface area contributed by atoms with Gasteiger partial charge in [0.2, 0.25) is 17.7 Å². The van der Waals surface area contributed by atoms with E-state index in [1.807, 2.05) is 24.3 Å². The predicted molar refractivity (Wildman–Crippen MR) is 165 cm³/mol. The third kappa shape index (κ3) is 10.6. The number of fused-ring (bicyclic) bond motifs is 1. The molecule has 1 saturated heterocycles. The van der Waals surface area contributed by atoms with Crippen LogP contribution in [0.4, 0.5) is 0 Å². The second kappa shape index (κ2) is 16.7. The van der Waals surface area contributed by atoms with Crippen molar-refractivity contribution in [3.05, 3.63) is 36.0 Å². The van der Waals surface area contributed by atoms with Crippen molar-refractivity contribution < 1.29 is 19.2 Å². The number of aromatic amines is 1. The first-order chi connectivity index (χ1) is 20.7. The van der Waals surface area contributed by atoms with E-state index in [1.54, 1.807) is 6.20 Å². The Morgan fingerprint density at radius 3 is 2.26 bits per heavy atom. The summed E-state index contributed by atoms with van der Waals surface area (Å²) in [5.74, 6) is -1.52. The molecule has 0 unspecified atom stereocenters. The summed E-state index contributed by atoms with van der Waals surface area (Å²) in [6.07, 6.45) is 5.47. The predicted octanol–water partition coefficient (Wildman–Crippen LogP) is -1.78. The highest BCUT2D eigenvalue weighted by molar-refractivity contribution is 5.94. The van der Waals surface area contributed by atoms with Crippen LogP contribution in [-0.2, 0) is 25.6 Å². The molecular formula is C28H43N11O4. The van der Waals surface area contributed by atoms with E-state index in [2.05, 4.69) is 36.2 Å². The van der Waals surface area contributed by atoms with Gasteiger partial charge in [-0.05, 0) is 56.7 Å². The lowest BCUT2D eigenvalue weighted by atomic mass is 10.0. The van der Waals surface area contributed by atoms with Gasteiger partial charge < -0.3 is 54.0 Å². The molecule has 1 aromatic heterocycles. The van der Waals surface area contributed by atoms with E-state index in [0.717, 1.165) is 29.4 Å². The monoisotopic (exact) mass is 597 g/mol. The molecule has 15 nitrogen and oxygen atoms in total. The molecule has 0 radical (unpaired) electrons. The smallest absolute Gasteiger partial charge is 0.243 e. The Bertz CT molecular complexity index is 1290. The number of rotatable bonds is 17. The van der Waals surface area contributed by atoms with Crippen LogP contribution in [0.25, 0.3) is 10.9 Å². The van der Waals surface area contributed by atoms with Gasteiger partial charge in [-0.25, -0.2) is 0 Å². The highest BCUT2D eigenvalue weighted by Crippen LogP contribution is 2.19. The van der Waals surface area contributed by atoms with E-state index < -0.39 is 36.0 Å². The molecule has 15 heteroatoms. The number of hydrogen-bond donors (Lipinski definition) is 9. The average molecular weight is 598 g/mol. The highest BCUT2D eigenvalue weighted by Gasteiger charge is 2.31. The number of carbonyl (C=O) groups is 4. The molecule has 0 aliphatic carbocycles. The molecule has 1 aliphatic heterocycles. The fourth-order valence-electron chi connectivity index (χ4n) is 4.93. The van der Waals surface area contributed by atoms with Crippen LogP contribution in [-0.4, -0.2) is 84.7 Å². The lowest BCUT2D eigenvalue weighted by Crippen LogP contribution is -2.57. The van der Waals surface area contributed by atoms with Crippen molar-refractivity contribution >= 4 is 46.8 Å². The minimum absolute atomic E-state index is 0.0618. The van der Waals surface area contributed by atoms with Crippen LogP contribution in [0.15, 0.2) is 40.4 Å². The molecule has 2 heterocycles. The number of aliphatic imine (C=N–C) groups is 2. The van der Waals surface area contributed by atoms with E-state index in [9.17, 15) is 19.2 Å². The number of guanidine groups is 2. The SMILES string of the molecule is NC(N)=NCCC[C@@H](C=O)NC(=O)[C@H](CCCN=C(N)N)NC(=O)[C@H](Cc1c[nH]c2ccccc12)NC(=O)[C@@H]1CCCN1. The Balaban J connectivity index is 1.76. The summed E-state index contributed by atoms with van der Waals surface area (Å²) in [6, 6.07) is 4.46. The molecule has 13 N–H and O–H groups in total. The number of para-hydroxylation sites is 1. The van der Waals surface area contributed by atoms with Crippen molar-refractivity contribution in [2.45, 2.75) is 69.1 Å². The van der Waals surface area contributed by atoms with Gasteiger partial charge in [0.05, 0.1) is 12.1 Å². The summed E-state index contributed by atoms with van der Waals surface area (Å²) in [5, 5.41) is 12.4. The molecular weight excluding hydrogens is 554 g/mol. The van der Waals surface area contributed by atoms with E-state index in [1.165, 1.54) is 0 Å². The average Bonchev–Trinajstić information content (AvgIpc) is 3.66. The first kappa shape index (κ1) is 32.8. The zero-order valence-electron chi connectivity index (χ0n) is 24.2. The number of aldehydes is 1. The largest absolute Gasteiger partial charge is 0.370 e. The van der Waals surface area contributed by atoms with Crippen molar-refractivity contribution in [3.8, 4) is 0 Å². The van der Waals surface area contributed by atoms with Crippen LogP contribution in [0.1, 0.15) is 44.1 Å². The first-order valence-electron chi connectivity index (χ1n) is 14.4. The number of amides is 3. The summed E-state index contributed by atoms with van der Waals surface area (Å²) in [4.78, 5) is 62.8. The van der Waals surface area contributed by atoms with Gasteiger partial charge in [-0.3, -0.25) is 24.4 Å². The van der Waals surface area contributed by atoms with Crippen LogP contribution >= 0.6 is 0 Å². The van der Waals surface area contributed by atoms with E-state index in [4.69, 9.17) is 22.9 Å². The Morgan fingerprint density at radius 2 is 1.60 bits per heavy atom. The Morgan fingerprint density at radius 1 is 0.930 bits per heavy atom. The van der Waals surface area contributed by atoms with Gasteiger partial charge in [0, 0.05) is 36.6 Å². The molecule has 0 bridgehead atoms. The van der Waals surface area contributed by atoms with Crippen LogP contribution in [0.2, 0.25) is 0 Å². The molecule has 1 fully saturated rings. The standard InChI is InChI=1S/C28H43N11O4/c29-27(30)34-12-3-6-18(16-40)37-25(42)22(10-5-13-35-28(31)32)38-26(43)23(39-24(41)21-9-4-11-33-21)14-17-15-36-20-8-2-1-7-19(17)20/h1-2,7-8,15-16,18,21-23,33,36H,3-6,9-14H2,(H,37,42)(H,38,43)(H,39,41)(H4,29,30,34)(H4,31,32,35)/t18-,21-,22-,23-/m0/s1. The lowest BCUT2D eigenvalue weighted by Gasteiger charge is -2.25. The topological polar surface area (TPSA) is 261 Å². The van der Waals surface area contributed by atoms with Crippen molar-refractivity contribution in [2.24, 2.45) is 32.9 Å². The van der Waals surface area contributed by atoms with Gasteiger partial charge in [0.25, 0.3) is 0 Å². The van der Waals surface area contributed by atoms with Crippen LogP contribution in [0.3, 0.4) is 0 Å². The number of hydrogen-bond acceptors (Lipinski definition) is 7. The number of aromatic nitrogens is 1. The van der Waals surface area contributed by atoms with Gasteiger partial charge in [-0.2, -0.15) is 0 Å². The van der Waals surface area contributed by atoms with Crippen LogP contribution in [0.5, 0.6) is 0 Å². The molecule has 43 heavy (non-hydrogen) atoms. The second-order valence-corrected chi connectivity index (χ2v) is 10.5. The van der Waals surface area contributed by atoms with Gasteiger partial charge in [-0.15, -0.1) is 0 Å². The maximum Gasteiger partial charge on any atom is 0.243 e. The normalized spacial score (nSPS) is 16.4. The second-order valence-electron chi connectivity index (χ2n) is 10.5. The quantitative estimate of drug-likeness (QED) is 0.0431. The summed E-state index contributed by atoms with van der Waals surface area (Å²) in [5.41, 5.74) is 23.3. The molecule has 3 rings (SSSR count). The van der Waals surface area contributed by atoms with Crippen LogP contribution in [0, 0.1) is 0 Å². The van der Waals surface area contributed by atoms with Crippen molar-refractivity contribution in [2.75, 3.05) is 19.6 Å². The Kier molecular flexibility index (Phi) is 12.8. The summed E-state index contributed by atoms with van der Waals surface area (Å²) in [7, 11) is 0. The fraction of sp³-hybridized carbons (Fsp3) is 0.500. The molecule has 0 spiro atoms. The van der Waals surface area contributed by atoms with E-state index in [0.29, 0.717) is 38.5 Å². The lowest BCUT2D eigenvalue weighted by molar-refractivity contribution is -0.133. The van der Waals surface area contributed by atoms with Gasteiger partial charge >= 0.3 is 0 Å². The fourth-order valence-corrected chi connectivity index (χ4v) is 4.93. The molecule has 1 aliphatic rings. The number of H-pyrrole nitrogens is 1. The molecule has 1 aromatic carbocycles. The number of carbonyl (C=O) groups excluding carboxylic acids is 4. The van der Waals surface area contributed by atoms with E-state index >= 15 is 0 Å². The Labute approximate surface area is 250 Å². The zero-order valence-corrected chi connectivity index (χ0v) is 24.2. The number of nitrogens with one attached hydrogen (secondary N) is 5.